The van der Waals surface area contributed by atoms with Crippen LogP contribution in [0.4, 0.5) is 0 Å². The Morgan fingerprint density at radius 3 is 2.42 bits per heavy atom. The zero-order valence-electron chi connectivity index (χ0n) is 21.0. The normalized spacial score (nSPS) is 22.2. The van der Waals surface area contributed by atoms with Crippen LogP contribution >= 0.6 is 11.6 Å². The summed E-state index contributed by atoms with van der Waals surface area (Å²) in [4.78, 5) is 62.9. The minimum absolute atomic E-state index is 0.0612. The molecule has 0 aromatic rings. The first-order valence-corrected chi connectivity index (χ1v) is 11.9. The molecule has 0 aromatic heterocycles. The largest absolute Gasteiger partial charge is 0.481 e. The Bertz CT molecular complexity index is 1140. The number of nitrogens with two attached hydrogens (primary N) is 1. The summed E-state index contributed by atoms with van der Waals surface area (Å²) in [6.07, 6.45) is 8.75. The molecular formula is C26H31ClN2O7. The number of nitrogens with zero attached hydrogens (tertiary/aromatic N) is 1. The third kappa shape index (κ3) is 6.20. The predicted molar refractivity (Wildman–Crippen MR) is 133 cm³/mol. The van der Waals surface area contributed by atoms with Gasteiger partial charge in [-0.15, -0.1) is 0 Å². The van der Waals surface area contributed by atoms with E-state index in [9.17, 15) is 24.0 Å². The number of ether oxygens (including phenoxy) is 1. The summed E-state index contributed by atoms with van der Waals surface area (Å²) in [7, 11) is 0. The van der Waals surface area contributed by atoms with Gasteiger partial charge in [-0.25, -0.2) is 0 Å². The van der Waals surface area contributed by atoms with Gasteiger partial charge in [-0.1, -0.05) is 49.6 Å². The van der Waals surface area contributed by atoms with Crippen LogP contribution in [0, 0.1) is 5.92 Å². The molecule has 10 heteroatoms. The van der Waals surface area contributed by atoms with Gasteiger partial charge < -0.3 is 20.5 Å². The topological polar surface area (TPSA) is 144 Å². The smallest absolute Gasteiger partial charge is 0.304 e. The Hall–Kier alpha value is -3.46. The molecule has 3 atom stereocenters. The maximum atomic E-state index is 13.4. The first-order chi connectivity index (χ1) is 16.7. The Labute approximate surface area is 215 Å². The highest BCUT2D eigenvalue weighted by molar-refractivity contribution is 6.49. The number of halogens is 1. The van der Waals surface area contributed by atoms with E-state index in [0.717, 1.165) is 25.8 Å². The van der Waals surface area contributed by atoms with Crippen molar-refractivity contribution in [1.82, 2.24) is 4.90 Å². The summed E-state index contributed by atoms with van der Waals surface area (Å²) in [5.74, 6) is -4.13. The summed E-state index contributed by atoms with van der Waals surface area (Å²) in [6.45, 7) is 8.25. The first kappa shape index (κ1) is 28.8. The fraction of sp³-hybridized carbons (Fsp3) is 0.423. The molecule has 9 nitrogen and oxygen atoms in total. The second-order valence-electron chi connectivity index (χ2n) is 9.01. The number of carbonyl (C=O) groups excluding carboxylic acids is 4. The van der Waals surface area contributed by atoms with Crippen LogP contribution in [0.1, 0.15) is 53.9 Å². The van der Waals surface area contributed by atoms with Gasteiger partial charge in [-0.05, 0) is 38.3 Å². The fourth-order valence-electron chi connectivity index (χ4n) is 3.94. The number of hydrogen-bond acceptors (Lipinski definition) is 7. The minimum atomic E-state index is -2.18. The van der Waals surface area contributed by atoms with Gasteiger partial charge in [-0.3, -0.25) is 24.0 Å². The van der Waals surface area contributed by atoms with E-state index in [-0.39, 0.29) is 29.0 Å². The van der Waals surface area contributed by atoms with E-state index in [1.54, 1.807) is 12.2 Å². The Balaban J connectivity index is 2.70. The van der Waals surface area contributed by atoms with Crippen LogP contribution in [-0.4, -0.2) is 51.1 Å². The molecule has 0 saturated carbocycles. The number of hydrogen-bond donors (Lipinski definition) is 2. The second-order valence-corrected chi connectivity index (χ2v) is 9.39. The highest BCUT2D eigenvalue weighted by Crippen LogP contribution is 2.40. The highest BCUT2D eigenvalue weighted by Gasteiger charge is 2.52. The van der Waals surface area contributed by atoms with Crippen LogP contribution in [0.25, 0.3) is 0 Å². The molecule has 1 amide bonds. The third-order valence-electron chi connectivity index (χ3n) is 6.05. The molecule has 1 aliphatic carbocycles. The number of ketones is 2. The average Bonchev–Trinajstić information content (AvgIpc) is 2.79. The summed E-state index contributed by atoms with van der Waals surface area (Å²) in [5, 5.41) is 8.85. The van der Waals surface area contributed by atoms with Crippen molar-refractivity contribution in [2.24, 2.45) is 11.7 Å². The van der Waals surface area contributed by atoms with Gasteiger partial charge in [0.1, 0.15) is 6.04 Å². The maximum Gasteiger partial charge on any atom is 0.304 e. The molecule has 36 heavy (non-hydrogen) atoms. The molecule has 0 aromatic carbocycles. The van der Waals surface area contributed by atoms with E-state index < -0.39 is 41.1 Å². The summed E-state index contributed by atoms with van der Waals surface area (Å²) in [5.41, 5.74) is 4.79. The van der Waals surface area contributed by atoms with Crippen LogP contribution in [-0.2, 0) is 28.7 Å². The van der Waals surface area contributed by atoms with E-state index in [1.165, 1.54) is 17.2 Å². The molecule has 2 aliphatic rings. The number of Topliss-reactive ketones (excluding diaryl/α,β-unsaturated/α-hetero) is 2. The van der Waals surface area contributed by atoms with E-state index in [4.69, 9.17) is 27.2 Å². The van der Waals surface area contributed by atoms with Crippen molar-refractivity contribution in [2.75, 3.05) is 0 Å². The van der Waals surface area contributed by atoms with Crippen LogP contribution < -0.4 is 5.73 Å². The molecular weight excluding hydrogens is 488 g/mol. The monoisotopic (exact) mass is 518 g/mol. The number of carbonyl (C=O) groups is 5. The Morgan fingerprint density at radius 2 is 1.89 bits per heavy atom. The fourth-order valence-corrected chi connectivity index (χ4v) is 4.28. The van der Waals surface area contributed by atoms with Crippen LogP contribution in [0.15, 0.2) is 58.0 Å². The minimum Gasteiger partial charge on any atom is -0.481 e. The Kier molecular flexibility index (Phi) is 9.21. The van der Waals surface area contributed by atoms with E-state index in [0.29, 0.717) is 11.6 Å². The number of rotatable bonds is 10. The van der Waals surface area contributed by atoms with E-state index >= 15 is 0 Å². The number of carboxylic acids is 1. The zero-order chi connectivity index (χ0) is 27.4. The number of allylic oxidation sites excluding steroid dienone is 6. The van der Waals surface area contributed by atoms with Gasteiger partial charge in [0.05, 0.1) is 5.03 Å². The van der Waals surface area contributed by atoms with Gasteiger partial charge in [0.2, 0.25) is 23.1 Å². The lowest BCUT2D eigenvalue weighted by atomic mass is 9.79. The van der Waals surface area contributed by atoms with Gasteiger partial charge >= 0.3 is 11.9 Å². The van der Waals surface area contributed by atoms with Gasteiger partial charge in [0, 0.05) is 36.4 Å². The van der Waals surface area contributed by atoms with Crippen molar-refractivity contribution in [3.05, 3.63) is 58.0 Å². The van der Waals surface area contributed by atoms with Crippen molar-refractivity contribution in [3.63, 3.8) is 0 Å². The number of aliphatic carboxylic acids is 1. The molecule has 2 rings (SSSR count). The molecule has 1 heterocycles. The third-order valence-corrected chi connectivity index (χ3v) is 6.42. The van der Waals surface area contributed by atoms with Crippen molar-refractivity contribution < 1.29 is 33.8 Å². The Morgan fingerprint density at radius 1 is 1.25 bits per heavy atom. The molecule has 1 aliphatic heterocycles. The number of fused-ring (bicyclic) bond motifs is 1. The maximum absolute atomic E-state index is 13.4. The number of carboxylic acid groups (broad SMARTS) is 1. The van der Waals surface area contributed by atoms with Crippen molar-refractivity contribution in [1.29, 1.82) is 0 Å². The standard InChI is InChI=1S/C26H31ClN2O7/c1-6-14(2)11-15(3)7-8-17-12-18-19(13-29(17)20(25(28)35)9-10-21(31)32)23(33)26(5,36-16(4)30)24(34)22(18)27/h7-8,11-14,20H,6,9-10H2,1-5H3,(H2,28,35)(H,31,32)/b8-7+,15-11+/t14-,20-,26-/m0/s1. The molecule has 194 valence electrons. The SMILES string of the molecule is CC[C@H](C)/C=C(C)/C=C/C1=CC2=C(Cl)C(=O)[C@@](C)(OC(C)=O)C(=O)C2=CN1[C@@H](CCC(=O)O)C(N)=O. The lowest BCUT2D eigenvalue weighted by molar-refractivity contribution is -0.167. The van der Waals surface area contributed by atoms with Crippen LogP contribution in [0.5, 0.6) is 0 Å². The summed E-state index contributed by atoms with van der Waals surface area (Å²) >= 11 is 6.36. The van der Waals surface area contributed by atoms with E-state index in [1.807, 2.05) is 6.92 Å². The average molecular weight is 519 g/mol. The number of amides is 1. The molecule has 0 spiro atoms. The van der Waals surface area contributed by atoms with Crippen molar-refractivity contribution >= 4 is 41.0 Å². The first-order valence-electron chi connectivity index (χ1n) is 11.5. The molecule has 0 bridgehead atoms. The molecule has 3 N–H and O–H groups in total. The van der Waals surface area contributed by atoms with Crippen LogP contribution in [0.2, 0.25) is 0 Å². The van der Waals surface area contributed by atoms with E-state index in [2.05, 4.69) is 19.9 Å². The highest BCUT2D eigenvalue weighted by atomic mass is 35.5. The summed E-state index contributed by atoms with van der Waals surface area (Å²) in [6, 6.07) is -1.12. The predicted octanol–water partition coefficient (Wildman–Crippen LogP) is 3.30. The molecule has 0 fully saturated rings. The molecule has 0 radical (unpaired) electrons. The van der Waals surface area contributed by atoms with Crippen molar-refractivity contribution in [3.8, 4) is 0 Å². The van der Waals surface area contributed by atoms with Crippen LogP contribution in [0.3, 0.4) is 0 Å². The van der Waals surface area contributed by atoms with Gasteiger partial charge in [0.15, 0.2) is 0 Å². The van der Waals surface area contributed by atoms with Crippen molar-refractivity contribution in [2.45, 2.75) is 65.5 Å². The zero-order valence-corrected chi connectivity index (χ0v) is 21.7. The lowest BCUT2D eigenvalue weighted by Crippen LogP contribution is -2.52. The lowest BCUT2D eigenvalue weighted by Gasteiger charge is -2.37. The second kappa shape index (κ2) is 11.5. The van der Waals surface area contributed by atoms with Gasteiger partial charge in [-0.2, -0.15) is 0 Å². The number of primary amides is 1. The quantitative estimate of drug-likeness (QED) is 0.254. The number of esters is 1. The summed E-state index contributed by atoms with van der Waals surface area (Å²) < 4.78 is 5.07. The molecule has 0 unspecified atom stereocenters. The van der Waals surface area contributed by atoms with Gasteiger partial charge in [0.25, 0.3) is 0 Å². The molecule has 0 saturated heterocycles.